The van der Waals surface area contributed by atoms with E-state index in [1.807, 2.05) is 24.3 Å². The van der Waals surface area contributed by atoms with E-state index in [0.717, 1.165) is 24.4 Å². The normalized spacial score (nSPS) is 15.5. The van der Waals surface area contributed by atoms with E-state index < -0.39 is 4.92 Å². The van der Waals surface area contributed by atoms with Gasteiger partial charge in [-0.3, -0.25) is 19.8 Å². The predicted molar refractivity (Wildman–Crippen MR) is 108 cm³/mol. The molecule has 1 atom stereocenters. The lowest BCUT2D eigenvalue weighted by Gasteiger charge is -2.35. The molecule has 1 amide bonds. The summed E-state index contributed by atoms with van der Waals surface area (Å²) in [6.07, 6.45) is 0. The van der Waals surface area contributed by atoms with Crippen LogP contribution in [-0.4, -0.2) is 55.7 Å². The highest BCUT2D eigenvalue weighted by atomic mass is 16.6. The third kappa shape index (κ3) is 4.90. The van der Waals surface area contributed by atoms with E-state index in [4.69, 9.17) is 9.47 Å². The molecule has 0 bridgehead atoms. The molecule has 2 aromatic carbocycles. The van der Waals surface area contributed by atoms with Gasteiger partial charge in [0.15, 0.2) is 0 Å². The maximum atomic E-state index is 12.8. The second-order valence-electron chi connectivity index (χ2n) is 6.85. The van der Waals surface area contributed by atoms with E-state index in [2.05, 4.69) is 10.2 Å². The fourth-order valence-corrected chi connectivity index (χ4v) is 3.52. The first-order valence-corrected chi connectivity index (χ1v) is 9.49. The summed E-state index contributed by atoms with van der Waals surface area (Å²) in [5, 5.41) is 14.1. The summed E-state index contributed by atoms with van der Waals surface area (Å²) < 4.78 is 10.7. The summed E-state index contributed by atoms with van der Waals surface area (Å²) in [7, 11) is 1.62. The minimum atomic E-state index is -0.472. The van der Waals surface area contributed by atoms with Crippen LogP contribution < -0.4 is 10.1 Å². The Morgan fingerprint density at radius 3 is 2.55 bits per heavy atom. The molecule has 8 nitrogen and oxygen atoms in total. The van der Waals surface area contributed by atoms with Gasteiger partial charge in [-0.2, -0.15) is 0 Å². The first kappa shape index (κ1) is 20.8. The number of ether oxygens (including phenoxy) is 2. The van der Waals surface area contributed by atoms with Crippen molar-refractivity contribution in [2.75, 3.05) is 40.0 Å². The SMILES string of the molecule is COc1ccc([C@@H](CNC(=O)c2cccc([N+](=O)[O-])c2C)N2CCOCC2)cc1. The Hall–Kier alpha value is -2.97. The Kier molecular flexibility index (Phi) is 6.79. The van der Waals surface area contributed by atoms with Crippen molar-refractivity contribution < 1.29 is 19.2 Å². The topological polar surface area (TPSA) is 93.9 Å². The van der Waals surface area contributed by atoms with Gasteiger partial charge in [0.1, 0.15) is 5.75 Å². The van der Waals surface area contributed by atoms with Crippen LogP contribution in [0.4, 0.5) is 5.69 Å². The molecule has 0 saturated carbocycles. The Morgan fingerprint density at radius 2 is 1.93 bits per heavy atom. The molecule has 0 spiro atoms. The maximum absolute atomic E-state index is 12.8. The number of rotatable bonds is 7. The van der Waals surface area contributed by atoms with Crippen molar-refractivity contribution in [3.05, 3.63) is 69.3 Å². The maximum Gasteiger partial charge on any atom is 0.273 e. The Labute approximate surface area is 169 Å². The molecule has 154 valence electrons. The van der Waals surface area contributed by atoms with Crippen LogP contribution in [0.2, 0.25) is 0 Å². The van der Waals surface area contributed by atoms with Gasteiger partial charge in [-0.05, 0) is 30.7 Å². The van der Waals surface area contributed by atoms with Crippen LogP contribution in [0.5, 0.6) is 5.75 Å². The van der Waals surface area contributed by atoms with Gasteiger partial charge in [-0.15, -0.1) is 0 Å². The summed E-state index contributed by atoms with van der Waals surface area (Å²) in [6.45, 7) is 4.79. The summed E-state index contributed by atoms with van der Waals surface area (Å²) >= 11 is 0. The van der Waals surface area contributed by atoms with E-state index in [0.29, 0.717) is 30.9 Å². The van der Waals surface area contributed by atoms with E-state index in [1.165, 1.54) is 12.1 Å². The first-order valence-electron chi connectivity index (χ1n) is 9.49. The number of carbonyl (C=O) groups is 1. The number of hydrogen-bond donors (Lipinski definition) is 1. The molecule has 1 fully saturated rings. The molecule has 29 heavy (non-hydrogen) atoms. The van der Waals surface area contributed by atoms with Gasteiger partial charge in [-0.25, -0.2) is 0 Å². The quantitative estimate of drug-likeness (QED) is 0.568. The van der Waals surface area contributed by atoms with Crippen LogP contribution in [0.25, 0.3) is 0 Å². The molecule has 1 N–H and O–H groups in total. The number of nitro groups is 1. The Bertz CT molecular complexity index is 863. The third-order valence-corrected chi connectivity index (χ3v) is 5.19. The predicted octanol–water partition coefficient (Wildman–Crippen LogP) is 2.72. The van der Waals surface area contributed by atoms with Crippen molar-refractivity contribution >= 4 is 11.6 Å². The molecule has 1 aliphatic heterocycles. The number of benzene rings is 2. The molecule has 0 unspecified atom stereocenters. The summed E-state index contributed by atoms with van der Waals surface area (Å²) in [5.41, 5.74) is 1.68. The molecule has 3 rings (SSSR count). The van der Waals surface area contributed by atoms with Crippen LogP contribution in [-0.2, 0) is 4.74 Å². The zero-order chi connectivity index (χ0) is 20.8. The fraction of sp³-hybridized carbons (Fsp3) is 0.381. The van der Waals surface area contributed by atoms with Crippen LogP contribution in [0.15, 0.2) is 42.5 Å². The van der Waals surface area contributed by atoms with Gasteiger partial charge in [0, 0.05) is 36.8 Å². The summed E-state index contributed by atoms with van der Waals surface area (Å²) in [5.74, 6) is 0.448. The number of morpholine rings is 1. The van der Waals surface area contributed by atoms with E-state index in [1.54, 1.807) is 20.1 Å². The number of methoxy groups -OCH3 is 1. The summed E-state index contributed by atoms with van der Waals surface area (Å²) in [6, 6.07) is 12.3. The molecule has 1 heterocycles. The molecule has 8 heteroatoms. The zero-order valence-corrected chi connectivity index (χ0v) is 16.6. The first-order chi connectivity index (χ1) is 14.0. The highest BCUT2D eigenvalue weighted by molar-refractivity contribution is 5.96. The molecule has 2 aromatic rings. The van der Waals surface area contributed by atoms with Gasteiger partial charge in [0.05, 0.1) is 31.3 Å². The zero-order valence-electron chi connectivity index (χ0n) is 16.6. The largest absolute Gasteiger partial charge is 0.497 e. The lowest BCUT2D eigenvalue weighted by molar-refractivity contribution is -0.385. The van der Waals surface area contributed by atoms with Gasteiger partial charge in [0.25, 0.3) is 11.6 Å². The number of nitrogens with one attached hydrogen (secondary N) is 1. The highest BCUT2D eigenvalue weighted by Gasteiger charge is 2.24. The van der Waals surface area contributed by atoms with Crippen molar-refractivity contribution in [1.82, 2.24) is 10.2 Å². The monoisotopic (exact) mass is 399 g/mol. The van der Waals surface area contributed by atoms with Crippen LogP contribution in [0, 0.1) is 17.0 Å². The van der Waals surface area contributed by atoms with Crippen LogP contribution in [0.1, 0.15) is 27.5 Å². The number of nitro benzene ring substituents is 1. The molecular weight excluding hydrogens is 374 g/mol. The average Bonchev–Trinajstić information content (AvgIpc) is 2.75. The van der Waals surface area contributed by atoms with Crippen molar-refractivity contribution in [3.63, 3.8) is 0 Å². The Balaban J connectivity index is 1.78. The van der Waals surface area contributed by atoms with Crippen LogP contribution >= 0.6 is 0 Å². The van der Waals surface area contributed by atoms with Crippen molar-refractivity contribution in [1.29, 1.82) is 0 Å². The van der Waals surface area contributed by atoms with Crippen molar-refractivity contribution in [2.45, 2.75) is 13.0 Å². The minimum absolute atomic E-state index is 0.0345. The number of amides is 1. The van der Waals surface area contributed by atoms with Crippen molar-refractivity contribution in [2.24, 2.45) is 0 Å². The van der Waals surface area contributed by atoms with Crippen molar-refractivity contribution in [3.8, 4) is 5.75 Å². The standard InChI is InChI=1S/C21H25N3O5/c1-15-18(4-3-5-19(15)24(26)27)21(25)22-14-20(23-10-12-29-13-11-23)16-6-8-17(28-2)9-7-16/h3-9,20H,10-14H2,1-2H3,(H,22,25)/t20-/m1/s1. The molecule has 0 aromatic heterocycles. The molecule has 0 radical (unpaired) electrons. The average molecular weight is 399 g/mol. The lowest BCUT2D eigenvalue weighted by atomic mass is 10.0. The van der Waals surface area contributed by atoms with Crippen LogP contribution in [0.3, 0.4) is 0 Å². The fourth-order valence-electron chi connectivity index (χ4n) is 3.52. The van der Waals surface area contributed by atoms with Gasteiger partial charge < -0.3 is 14.8 Å². The molecule has 1 saturated heterocycles. The second-order valence-corrected chi connectivity index (χ2v) is 6.85. The lowest BCUT2D eigenvalue weighted by Crippen LogP contribution is -2.43. The highest BCUT2D eigenvalue weighted by Crippen LogP contribution is 2.25. The van der Waals surface area contributed by atoms with E-state index in [-0.39, 0.29) is 17.6 Å². The smallest absolute Gasteiger partial charge is 0.273 e. The number of carbonyl (C=O) groups excluding carboxylic acids is 1. The molecule has 0 aliphatic carbocycles. The second kappa shape index (κ2) is 9.49. The van der Waals surface area contributed by atoms with Gasteiger partial charge in [-0.1, -0.05) is 18.2 Å². The third-order valence-electron chi connectivity index (χ3n) is 5.19. The van der Waals surface area contributed by atoms with E-state index in [9.17, 15) is 14.9 Å². The van der Waals surface area contributed by atoms with E-state index >= 15 is 0 Å². The molecule has 1 aliphatic rings. The Morgan fingerprint density at radius 1 is 1.24 bits per heavy atom. The summed E-state index contributed by atoms with van der Waals surface area (Å²) in [4.78, 5) is 25.7. The van der Waals surface area contributed by atoms with Gasteiger partial charge in [0.2, 0.25) is 0 Å². The minimum Gasteiger partial charge on any atom is -0.497 e. The number of hydrogen-bond acceptors (Lipinski definition) is 6. The number of nitrogens with zero attached hydrogens (tertiary/aromatic N) is 2. The van der Waals surface area contributed by atoms with Gasteiger partial charge >= 0.3 is 0 Å². The molecular formula is C21H25N3O5.